The molecule has 0 aromatic heterocycles. The lowest BCUT2D eigenvalue weighted by atomic mass is 9.99. The summed E-state index contributed by atoms with van der Waals surface area (Å²) in [6.45, 7) is 0. The van der Waals surface area contributed by atoms with Crippen molar-refractivity contribution in [3.63, 3.8) is 0 Å². The van der Waals surface area contributed by atoms with Crippen LogP contribution >= 0.6 is 11.6 Å². The van der Waals surface area contributed by atoms with Crippen LogP contribution in [0.2, 0.25) is 0 Å². The molecule has 76 valence electrons. The predicted molar refractivity (Wildman–Crippen MR) is 57.8 cm³/mol. The fraction of sp³-hybridized carbons (Fsp3) is 0.250. The maximum Gasteiger partial charge on any atom is 0.339 e. The summed E-state index contributed by atoms with van der Waals surface area (Å²) < 4.78 is 5.14. The lowest BCUT2D eigenvalue weighted by Crippen LogP contribution is -2.26. The number of rotatable bonds is 0. The predicted octanol–water partition coefficient (Wildman–Crippen LogP) is 2.01. The molecule has 0 spiro atoms. The van der Waals surface area contributed by atoms with E-state index in [1.165, 1.54) is 0 Å². The number of carbonyl (C=O) groups is 1. The SMILES string of the molecule is O=C1OC(C#CCCl)Cc2ccccc21. The van der Waals surface area contributed by atoms with Crippen molar-refractivity contribution in [2.45, 2.75) is 12.5 Å². The largest absolute Gasteiger partial charge is 0.445 e. The smallest absolute Gasteiger partial charge is 0.339 e. The molecule has 2 nitrogen and oxygen atoms in total. The zero-order chi connectivity index (χ0) is 10.7. The number of cyclic esters (lactones) is 1. The van der Waals surface area contributed by atoms with E-state index in [4.69, 9.17) is 16.3 Å². The maximum absolute atomic E-state index is 11.5. The Bertz CT molecular complexity index is 442. The highest BCUT2D eigenvalue weighted by Crippen LogP contribution is 2.19. The number of ether oxygens (including phenoxy) is 1. The van der Waals surface area contributed by atoms with Crippen LogP contribution in [-0.2, 0) is 11.2 Å². The van der Waals surface area contributed by atoms with Gasteiger partial charge in [0, 0.05) is 6.42 Å². The molecule has 1 aromatic carbocycles. The van der Waals surface area contributed by atoms with Gasteiger partial charge in [-0.15, -0.1) is 11.6 Å². The Balaban J connectivity index is 2.26. The quantitative estimate of drug-likeness (QED) is 0.380. The van der Waals surface area contributed by atoms with Gasteiger partial charge in [-0.25, -0.2) is 4.79 Å². The summed E-state index contributed by atoms with van der Waals surface area (Å²) in [5.74, 6) is 5.48. The highest BCUT2D eigenvalue weighted by atomic mass is 35.5. The maximum atomic E-state index is 11.5. The average molecular weight is 221 g/mol. The topological polar surface area (TPSA) is 26.3 Å². The van der Waals surface area contributed by atoms with Crippen LogP contribution in [0.3, 0.4) is 0 Å². The fourth-order valence-electron chi connectivity index (χ4n) is 1.56. The Kier molecular flexibility index (Phi) is 2.94. The van der Waals surface area contributed by atoms with Crippen molar-refractivity contribution in [1.82, 2.24) is 0 Å². The van der Waals surface area contributed by atoms with Gasteiger partial charge in [0.05, 0.1) is 11.4 Å². The van der Waals surface area contributed by atoms with Crippen molar-refractivity contribution in [3.05, 3.63) is 35.4 Å². The molecule has 0 radical (unpaired) electrons. The fourth-order valence-corrected chi connectivity index (χ4v) is 1.64. The molecule has 0 saturated heterocycles. The van der Waals surface area contributed by atoms with Gasteiger partial charge in [0.1, 0.15) is 0 Å². The van der Waals surface area contributed by atoms with Crippen molar-refractivity contribution in [2.75, 3.05) is 5.88 Å². The Labute approximate surface area is 93.2 Å². The second-order valence-corrected chi connectivity index (χ2v) is 3.48. The number of benzene rings is 1. The van der Waals surface area contributed by atoms with E-state index in [-0.39, 0.29) is 18.0 Å². The first-order valence-electron chi connectivity index (χ1n) is 4.64. The van der Waals surface area contributed by atoms with Gasteiger partial charge in [-0.2, -0.15) is 0 Å². The van der Waals surface area contributed by atoms with Gasteiger partial charge in [0.25, 0.3) is 0 Å². The van der Waals surface area contributed by atoms with Crippen LogP contribution in [0.5, 0.6) is 0 Å². The van der Waals surface area contributed by atoms with Gasteiger partial charge in [-0.1, -0.05) is 30.0 Å². The summed E-state index contributed by atoms with van der Waals surface area (Å²) in [4.78, 5) is 11.5. The molecular weight excluding hydrogens is 212 g/mol. The van der Waals surface area contributed by atoms with E-state index in [0.29, 0.717) is 12.0 Å². The first-order chi connectivity index (χ1) is 7.31. The van der Waals surface area contributed by atoms with Gasteiger partial charge in [-0.05, 0) is 11.6 Å². The monoisotopic (exact) mass is 220 g/mol. The molecule has 0 N–H and O–H groups in total. The van der Waals surface area contributed by atoms with Crippen molar-refractivity contribution < 1.29 is 9.53 Å². The second-order valence-electron chi connectivity index (χ2n) is 3.21. The molecule has 0 bridgehead atoms. The first kappa shape index (κ1) is 10.1. The van der Waals surface area contributed by atoms with Crippen LogP contribution < -0.4 is 0 Å². The van der Waals surface area contributed by atoms with Crippen LogP contribution in [0.15, 0.2) is 24.3 Å². The first-order valence-corrected chi connectivity index (χ1v) is 5.18. The third-order valence-corrected chi connectivity index (χ3v) is 2.36. The molecule has 0 aliphatic carbocycles. The molecule has 3 heteroatoms. The summed E-state index contributed by atoms with van der Waals surface area (Å²) in [7, 11) is 0. The van der Waals surface area contributed by atoms with E-state index >= 15 is 0 Å². The normalized spacial score (nSPS) is 18.5. The van der Waals surface area contributed by atoms with E-state index in [1.807, 2.05) is 18.2 Å². The number of fused-ring (bicyclic) bond motifs is 1. The van der Waals surface area contributed by atoms with Crippen LogP contribution in [0.4, 0.5) is 0 Å². The van der Waals surface area contributed by atoms with Gasteiger partial charge in [-0.3, -0.25) is 0 Å². The minimum atomic E-state index is -0.355. The molecule has 1 aromatic rings. The van der Waals surface area contributed by atoms with Gasteiger partial charge >= 0.3 is 5.97 Å². The van der Waals surface area contributed by atoms with Crippen molar-refractivity contribution in [1.29, 1.82) is 0 Å². The number of halogens is 1. The third kappa shape index (κ3) is 2.14. The minimum absolute atomic E-state index is 0.260. The summed E-state index contributed by atoms with van der Waals surface area (Å²) in [5, 5.41) is 0. The lowest BCUT2D eigenvalue weighted by Gasteiger charge is -2.20. The summed E-state index contributed by atoms with van der Waals surface area (Å²) in [6.07, 6.45) is 0.289. The number of hydrogen-bond acceptors (Lipinski definition) is 2. The zero-order valence-electron chi connectivity index (χ0n) is 8.00. The molecule has 2 rings (SSSR count). The summed E-state index contributed by atoms with van der Waals surface area (Å²) >= 11 is 5.44. The molecule has 0 fully saturated rings. The zero-order valence-corrected chi connectivity index (χ0v) is 8.75. The summed E-state index contributed by atoms with van der Waals surface area (Å²) in [6, 6.07) is 7.42. The molecule has 15 heavy (non-hydrogen) atoms. The third-order valence-electron chi connectivity index (χ3n) is 2.22. The van der Waals surface area contributed by atoms with Crippen LogP contribution in [0.25, 0.3) is 0 Å². The Morgan fingerprint density at radius 1 is 1.47 bits per heavy atom. The van der Waals surface area contributed by atoms with Crippen LogP contribution in [0, 0.1) is 11.8 Å². The van der Waals surface area contributed by atoms with E-state index in [0.717, 1.165) is 5.56 Å². The van der Waals surface area contributed by atoms with Gasteiger partial charge < -0.3 is 4.74 Å². The van der Waals surface area contributed by atoms with E-state index in [9.17, 15) is 4.79 Å². The van der Waals surface area contributed by atoms with Crippen LogP contribution in [-0.4, -0.2) is 18.0 Å². The highest BCUT2D eigenvalue weighted by Gasteiger charge is 2.24. The molecule has 1 aliphatic heterocycles. The molecular formula is C12H9ClO2. The van der Waals surface area contributed by atoms with E-state index in [2.05, 4.69) is 11.8 Å². The Morgan fingerprint density at radius 3 is 3.07 bits per heavy atom. The Hall–Kier alpha value is -1.46. The van der Waals surface area contributed by atoms with Crippen molar-refractivity contribution >= 4 is 17.6 Å². The molecule has 1 aliphatic rings. The van der Waals surface area contributed by atoms with E-state index in [1.54, 1.807) is 6.07 Å². The van der Waals surface area contributed by atoms with Crippen molar-refractivity contribution in [3.8, 4) is 11.8 Å². The molecule has 0 amide bonds. The standard InChI is InChI=1S/C12H9ClO2/c13-7-3-5-10-8-9-4-1-2-6-11(9)12(14)15-10/h1-2,4,6,10H,7-8H2. The molecule has 1 unspecified atom stereocenters. The van der Waals surface area contributed by atoms with E-state index < -0.39 is 0 Å². The molecule has 1 atom stereocenters. The minimum Gasteiger partial charge on any atom is -0.445 e. The summed E-state index contributed by atoms with van der Waals surface area (Å²) in [5.41, 5.74) is 1.63. The number of esters is 1. The number of alkyl halides is 1. The van der Waals surface area contributed by atoms with Gasteiger partial charge in [0.15, 0.2) is 6.10 Å². The Morgan fingerprint density at radius 2 is 2.27 bits per heavy atom. The second kappa shape index (κ2) is 4.37. The highest BCUT2D eigenvalue weighted by molar-refractivity contribution is 6.19. The molecule has 0 saturated carbocycles. The van der Waals surface area contributed by atoms with Gasteiger partial charge in [0.2, 0.25) is 0 Å². The van der Waals surface area contributed by atoms with Crippen LogP contribution in [0.1, 0.15) is 15.9 Å². The number of hydrogen-bond donors (Lipinski definition) is 0. The lowest BCUT2D eigenvalue weighted by molar-refractivity contribution is 0.0374. The van der Waals surface area contributed by atoms with Crippen molar-refractivity contribution in [2.24, 2.45) is 0 Å². The molecule has 1 heterocycles. The average Bonchev–Trinajstić information content (AvgIpc) is 2.26. The number of carbonyl (C=O) groups excluding carboxylic acids is 1.